The number of nitrogens with zero attached hydrogens (tertiary/aromatic N) is 8. The van der Waals surface area contributed by atoms with Crippen molar-refractivity contribution < 1.29 is 73.3 Å². The first-order valence-corrected chi connectivity index (χ1v) is 33.7. The summed E-state index contributed by atoms with van der Waals surface area (Å²) >= 11 is 0. The van der Waals surface area contributed by atoms with E-state index >= 15 is 0 Å². The summed E-state index contributed by atoms with van der Waals surface area (Å²) in [5, 5.41) is 0. The van der Waals surface area contributed by atoms with Crippen LogP contribution in [0.1, 0.15) is 17.5 Å². The van der Waals surface area contributed by atoms with E-state index < -0.39 is 38.7 Å². The van der Waals surface area contributed by atoms with E-state index in [0.717, 1.165) is 111 Å². The highest BCUT2D eigenvalue weighted by molar-refractivity contribution is 7.52. The fraction of sp³-hybridized carbons (Fsp3) is 0.123. The maximum absolute atomic E-state index is 13.6. The molecule has 22 heteroatoms. The number of halogens is 6. The Morgan fingerprint density at radius 3 is 0.705 bits per heavy atom. The fourth-order valence-corrected chi connectivity index (χ4v) is 11.8. The van der Waals surface area contributed by atoms with Gasteiger partial charge in [0, 0.05) is 81.9 Å². The average molecular weight is 1320 g/mol. The molecule has 12 aromatic rings. The summed E-state index contributed by atoms with van der Waals surface area (Å²) < 4.78 is 112. The van der Waals surface area contributed by atoms with Crippen molar-refractivity contribution in [2.24, 2.45) is 0 Å². The summed E-state index contributed by atoms with van der Waals surface area (Å²) in [6.45, 7) is 1.87. The zero-order chi connectivity index (χ0) is 66.5. The van der Waals surface area contributed by atoms with Crippen molar-refractivity contribution >= 4 is 15.2 Å². The molecule has 95 heavy (non-hydrogen) atoms. The molecule has 0 unspecified atom stereocenters. The fourth-order valence-electron chi connectivity index (χ4n) is 10.8. The van der Waals surface area contributed by atoms with Crippen molar-refractivity contribution in [2.45, 2.75) is 45.0 Å². The van der Waals surface area contributed by atoms with Gasteiger partial charge in [0.1, 0.15) is 12.3 Å². The molecule has 6 aromatic carbocycles. The molecule has 0 atom stereocenters. The van der Waals surface area contributed by atoms with E-state index in [2.05, 4.69) is 33.4 Å². The number of benzene rings is 6. The lowest BCUT2D eigenvalue weighted by Crippen LogP contribution is -2.38. The van der Waals surface area contributed by atoms with Crippen LogP contribution >= 0.6 is 15.2 Å². The van der Waals surface area contributed by atoms with Crippen LogP contribution in [0.25, 0.3) is 112 Å². The molecule has 0 spiro atoms. The second kappa shape index (κ2) is 27.5. The van der Waals surface area contributed by atoms with Gasteiger partial charge in [-0.2, -0.15) is 26.3 Å². The van der Waals surface area contributed by atoms with Gasteiger partial charge in [-0.1, -0.05) is 121 Å². The highest BCUT2D eigenvalue weighted by atomic mass is 31.2. The molecule has 0 aliphatic heterocycles. The first-order chi connectivity index (χ1) is 45.5. The summed E-state index contributed by atoms with van der Waals surface area (Å²) in [6, 6.07) is 60.2. The van der Waals surface area contributed by atoms with Crippen LogP contribution in [-0.4, -0.2) is 51.8 Å². The minimum absolute atomic E-state index is 0.170. The van der Waals surface area contributed by atoms with Gasteiger partial charge < -0.3 is 19.6 Å². The van der Waals surface area contributed by atoms with Crippen molar-refractivity contribution in [3.05, 3.63) is 267 Å². The van der Waals surface area contributed by atoms with Gasteiger partial charge in [-0.25, -0.2) is 38.2 Å². The Labute approximate surface area is 542 Å². The van der Waals surface area contributed by atoms with Gasteiger partial charge in [-0.15, -0.1) is 0 Å². The van der Waals surface area contributed by atoms with Crippen LogP contribution in [0.15, 0.2) is 256 Å². The van der Waals surface area contributed by atoms with E-state index in [1.807, 2.05) is 158 Å². The summed E-state index contributed by atoms with van der Waals surface area (Å²) in [4.78, 5) is 56.5. The zero-order valence-electron chi connectivity index (χ0n) is 50.5. The van der Waals surface area contributed by atoms with Crippen molar-refractivity contribution in [3.63, 3.8) is 0 Å². The lowest BCUT2D eigenvalue weighted by atomic mass is 10.0. The highest BCUT2D eigenvalue weighted by Gasteiger charge is 2.31. The number of aryl methyl sites for hydroxylation is 4. The summed E-state index contributed by atoms with van der Waals surface area (Å²) in [7, 11) is -8.28. The normalized spacial score (nSPS) is 12.1. The van der Waals surface area contributed by atoms with Crippen LogP contribution < -0.4 is 18.3 Å². The molecule has 14 nitrogen and oxygen atoms in total. The standard InChI is InChI=1S/C73H56F6N8O6P2/c74-72(75,76)64-22-18-62(19-23-64)70-80-66(48-68(82-70)60-14-6-52(7-15-60)56-30-40-86(41-31-56)44-46-94(88,89)90)58-10-2-50(3-11-58)54-26-36-84(37-27-54)34-1-35-85-38-28-55(29-39-85)51-4-12-59(13-5-51)67-49-69(83-71(81-67)63-20-24-65(25-21-63)73(77,78)79)61-16-8-53(9-17-61)57-32-42-87(43-33-57)45-47-95(91,92)93/h2-33,36-43,48-49H,1,34-35,44-47H2/p+4. The van der Waals surface area contributed by atoms with Gasteiger partial charge in [0.15, 0.2) is 87.4 Å². The van der Waals surface area contributed by atoms with Crippen LogP contribution in [0.4, 0.5) is 26.3 Å². The van der Waals surface area contributed by atoms with E-state index in [4.69, 9.17) is 19.9 Å². The lowest BCUT2D eigenvalue weighted by molar-refractivity contribution is -0.726. The van der Waals surface area contributed by atoms with E-state index in [-0.39, 0.29) is 37.1 Å². The third-order valence-electron chi connectivity index (χ3n) is 16.1. The third-order valence-corrected chi connectivity index (χ3v) is 17.7. The molecule has 6 heterocycles. The third kappa shape index (κ3) is 16.7. The largest absolute Gasteiger partial charge is 0.416 e. The van der Waals surface area contributed by atoms with Crippen LogP contribution in [-0.2, 0) is 47.7 Å². The Hall–Kier alpha value is -10.0. The minimum Gasteiger partial charge on any atom is -0.324 e. The predicted octanol–water partition coefficient (Wildman–Crippen LogP) is 14.6. The van der Waals surface area contributed by atoms with Crippen LogP contribution in [0.5, 0.6) is 0 Å². The molecule has 0 radical (unpaired) electrons. The van der Waals surface area contributed by atoms with Gasteiger partial charge in [-0.05, 0) is 80.9 Å². The first kappa shape index (κ1) is 65.0. The molecule has 0 saturated heterocycles. The molecule has 6 aromatic heterocycles. The van der Waals surface area contributed by atoms with E-state index in [9.17, 15) is 55.0 Å². The van der Waals surface area contributed by atoms with Gasteiger partial charge in [0.25, 0.3) is 0 Å². The highest BCUT2D eigenvalue weighted by Crippen LogP contribution is 2.38. The lowest BCUT2D eigenvalue weighted by Gasteiger charge is -2.12. The molecule has 4 N–H and O–H groups in total. The summed E-state index contributed by atoms with van der Waals surface area (Å²) in [5.41, 5.74) is 12.2. The van der Waals surface area contributed by atoms with Crippen LogP contribution in [0, 0.1) is 0 Å². The quantitative estimate of drug-likeness (QED) is 0.0326. The second-order valence-electron chi connectivity index (χ2n) is 22.8. The molecule has 0 aliphatic rings. The van der Waals surface area contributed by atoms with Gasteiger partial charge in [0.2, 0.25) is 0 Å². The van der Waals surface area contributed by atoms with Gasteiger partial charge in [0.05, 0.1) is 40.3 Å². The van der Waals surface area contributed by atoms with E-state index in [0.29, 0.717) is 33.9 Å². The topological polar surface area (TPSA) is 182 Å². The Kier molecular flexibility index (Phi) is 18.8. The molecule has 0 fully saturated rings. The van der Waals surface area contributed by atoms with Crippen LogP contribution in [0.2, 0.25) is 0 Å². The zero-order valence-corrected chi connectivity index (χ0v) is 52.3. The Morgan fingerprint density at radius 1 is 0.284 bits per heavy atom. The van der Waals surface area contributed by atoms with Crippen molar-refractivity contribution in [1.29, 1.82) is 0 Å². The summed E-state index contributed by atoms with van der Waals surface area (Å²) in [5.74, 6) is 0.521. The molecule has 0 bridgehead atoms. The summed E-state index contributed by atoms with van der Waals surface area (Å²) in [6.07, 6.45) is 6.53. The second-order valence-corrected chi connectivity index (χ2v) is 26.4. The molecule has 0 aliphatic carbocycles. The number of aromatic nitrogens is 8. The molecular weight excluding hydrogens is 1260 g/mol. The number of hydrogen-bond donors (Lipinski definition) is 4. The SMILES string of the molecule is O=P(O)(O)CC[n+]1ccc(-c2ccc(-c3cc(-c4ccc(-c5cc[n+](CCC[n+]6ccc(-c7ccc(-c8cc(-c9ccc(-c%10cc[n+](CCP(=O)(O)O)cc%10)cc9)nc(-c9ccc(C(F)(F)F)cc9)n8)cc7)cc6)cc5)cc4)nc(-c4ccc(C(F)(F)F)cc4)n3)cc2)cc1. The van der Waals surface area contributed by atoms with Crippen molar-refractivity contribution in [3.8, 4) is 112 Å². The number of pyridine rings is 4. The van der Waals surface area contributed by atoms with E-state index in [1.165, 1.54) is 24.3 Å². The maximum atomic E-state index is 13.6. The molecule has 0 amide bonds. The predicted molar refractivity (Wildman–Crippen MR) is 348 cm³/mol. The van der Waals surface area contributed by atoms with Crippen molar-refractivity contribution in [2.75, 3.05) is 12.3 Å². The molecule has 476 valence electrons. The number of alkyl halides is 6. The minimum atomic E-state index is -4.51. The smallest absolute Gasteiger partial charge is 0.324 e. The Bertz CT molecular complexity index is 4450. The number of rotatable bonds is 20. The molecule has 0 saturated carbocycles. The average Bonchev–Trinajstić information content (AvgIpc) is 0.818. The monoisotopic (exact) mass is 1320 g/mol. The van der Waals surface area contributed by atoms with Crippen molar-refractivity contribution in [1.82, 2.24) is 19.9 Å². The maximum Gasteiger partial charge on any atom is 0.416 e. The van der Waals surface area contributed by atoms with E-state index in [1.54, 1.807) is 33.9 Å². The number of hydrogen-bond acceptors (Lipinski definition) is 6. The van der Waals surface area contributed by atoms with Gasteiger partial charge >= 0.3 is 27.5 Å². The van der Waals surface area contributed by atoms with Crippen LogP contribution in [0.3, 0.4) is 0 Å². The molecular formula is C73H60F6N8O6P2+4. The van der Waals surface area contributed by atoms with Gasteiger partial charge in [-0.3, -0.25) is 9.13 Å². The Balaban J connectivity index is 0.692. The Morgan fingerprint density at radius 2 is 0.484 bits per heavy atom. The first-order valence-electron chi connectivity index (χ1n) is 30.1. The molecule has 12 rings (SSSR count).